The first kappa shape index (κ1) is 26.0. The highest BCUT2D eigenvalue weighted by atomic mass is 19.4. The van der Waals surface area contributed by atoms with Gasteiger partial charge in [-0.2, -0.15) is 13.2 Å². The van der Waals surface area contributed by atoms with E-state index in [1.807, 2.05) is 29.8 Å². The van der Waals surface area contributed by atoms with Crippen LogP contribution in [-0.4, -0.2) is 40.4 Å². The van der Waals surface area contributed by atoms with Crippen molar-refractivity contribution >= 4 is 11.6 Å². The molecule has 2 aromatic carbocycles. The van der Waals surface area contributed by atoms with Gasteiger partial charge in [-0.25, -0.2) is 0 Å². The summed E-state index contributed by atoms with van der Waals surface area (Å²) in [6.45, 7) is 0.957. The smallest absolute Gasteiger partial charge is 0.381 e. The Bertz CT molecular complexity index is 1390. The Labute approximate surface area is 225 Å². The molecule has 3 aromatic rings. The summed E-state index contributed by atoms with van der Waals surface area (Å²) in [5, 5.41) is 11.7. The number of aromatic nitrogens is 3. The summed E-state index contributed by atoms with van der Waals surface area (Å²) in [4.78, 5) is 15.0. The van der Waals surface area contributed by atoms with Crippen molar-refractivity contribution in [2.45, 2.75) is 62.9 Å². The van der Waals surface area contributed by atoms with E-state index in [1.54, 1.807) is 25.6 Å². The number of amides is 1. The molecule has 0 radical (unpaired) electrons. The molecule has 1 amide bonds. The van der Waals surface area contributed by atoms with Crippen LogP contribution in [0.5, 0.6) is 0 Å². The molecule has 6 rings (SSSR count). The molecule has 2 saturated carbocycles. The fourth-order valence-corrected chi connectivity index (χ4v) is 6.27. The lowest BCUT2D eigenvalue weighted by molar-refractivity contribution is -0.138. The van der Waals surface area contributed by atoms with Crippen molar-refractivity contribution in [1.82, 2.24) is 20.1 Å². The molecule has 7 nitrogen and oxygen atoms in total. The van der Waals surface area contributed by atoms with Gasteiger partial charge >= 0.3 is 6.18 Å². The van der Waals surface area contributed by atoms with Crippen LogP contribution in [0.2, 0.25) is 0 Å². The second kappa shape index (κ2) is 9.75. The molecular weight excluding hydrogens is 507 g/mol. The van der Waals surface area contributed by atoms with Crippen LogP contribution in [-0.2, 0) is 36.5 Å². The molecule has 1 aliphatic heterocycles. The molecule has 39 heavy (non-hydrogen) atoms. The Kier molecular flexibility index (Phi) is 6.50. The van der Waals surface area contributed by atoms with Crippen LogP contribution in [0, 0.1) is 5.92 Å². The largest absolute Gasteiger partial charge is 0.416 e. The molecule has 0 unspecified atom stereocenters. The molecule has 0 atom stereocenters. The van der Waals surface area contributed by atoms with E-state index in [1.165, 1.54) is 17.4 Å². The van der Waals surface area contributed by atoms with E-state index in [0.717, 1.165) is 30.8 Å². The summed E-state index contributed by atoms with van der Waals surface area (Å²) in [5.41, 5.74) is 0.955. The third-order valence-electron chi connectivity index (χ3n) is 8.73. The van der Waals surface area contributed by atoms with E-state index >= 15 is 0 Å². The van der Waals surface area contributed by atoms with Crippen LogP contribution in [0.25, 0.3) is 0 Å². The number of rotatable bonds is 8. The van der Waals surface area contributed by atoms with Crippen LogP contribution >= 0.6 is 0 Å². The third kappa shape index (κ3) is 4.53. The predicted octanol–water partition coefficient (Wildman–Crippen LogP) is 4.98. The number of halogens is 3. The van der Waals surface area contributed by atoms with Gasteiger partial charge in [0.25, 0.3) is 5.91 Å². The minimum Gasteiger partial charge on any atom is -0.381 e. The minimum absolute atomic E-state index is 0.0340. The highest BCUT2D eigenvalue weighted by molar-refractivity contribution is 6.10. The van der Waals surface area contributed by atoms with Crippen molar-refractivity contribution in [3.05, 3.63) is 76.4 Å². The number of nitrogens with zero attached hydrogens (tertiary/aromatic N) is 4. The molecular formula is C29H32F3N5O2. The SMILES string of the molecule is COC1CC(c2cccc(N3Cc4c(cc(CNCC5CCC5)cc4C(F)(F)F)C3=O)c2)(c2nncn2C)C1. The summed E-state index contributed by atoms with van der Waals surface area (Å²) >= 11 is 0. The third-order valence-corrected chi connectivity index (χ3v) is 8.73. The number of fused-ring (bicyclic) bond motifs is 1. The van der Waals surface area contributed by atoms with Gasteiger partial charge in [0.15, 0.2) is 0 Å². The Morgan fingerprint density at radius 3 is 2.62 bits per heavy atom. The lowest BCUT2D eigenvalue weighted by atomic mass is 9.62. The summed E-state index contributed by atoms with van der Waals surface area (Å²) < 4.78 is 49.9. The monoisotopic (exact) mass is 539 g/mol. The molecule has 206 valence electrons. The van der Waals surface area contributed by atoms with E-state index in [2.05, 4.69) is 15.5 Å². The number of carbonyl (C=O) groups is 1. The zero-order valence-corrected chi connectivity index (χ0v) is 22.1. The lowest BCUT2D eigenvalue weighted by Crippen LogP contribution is -2.48. The second-order valence-electron chi connectivity index (χ2n) is 11.2. The fraction of sp³-hybridized carbons (Fsp3) is 0.483. The predicted molar refractivity (Wildman–Crippen MR) is 139 cm³/mol. The van der Waals surface area contributed by atoms with Crippen molar-refractivity contribution in [2.75, 3.05) is 18.6 Å². The maximum Gasteiger partial charge on any atom is 0.416 e. The first-order valence-electron chi connectivity index (χ1n) is 13.4. The van der Waals surface area contributed by atoms with Crippen LogP contribution in [0.15, 0.2) is 42.7 Å². The first-order chi connectivity index (χ1) is 18.7. The zero-order valence-electron chi connectivity index (χ0n) is 22.1. The Balaban J connectivity index is 1.31. The van der Waals surface area contributed by atoms with Crippen LogP contribution in [0.1, 0.15) is 70.5 Å². The number of benzene rings is 2. The zero-order chi connectivity index (χ0) is 27.4. The average molecular weight is 540 g/mol. The van der Waals surface area contributed by atoms with Gasteiger partial charge in [-0.15, -0.1) is 10.2 Å². The first-order valence-corrected chi connectivity index (χ1v) is 13.4. The van der Waals surface area contributed by atoms with Gasteiger partial charge in [-0.1, -0.05) is 18.6 Å². The number of alkyl halides is 3. The van der Waals surface area contributed by atoms with Gasteiger partial charge in [0.2, 0.25) is 0 Å². The van der Waals surface area contributed by atoms with Crippen molar-refractivity contribution in [1.29, 1.82) is 0 Å². The number of anilines is 1. The molecule has 0 saturated heterocycles. The van der Waals surface area contributed by atoms with E-state index in [4.69, 9.17) is 4.74 Å². The normalized spacial score (nSPS) is 23.1. The summed E-state index contributed by atoms with van der Waals surface area (Å²) in [5.74, 6) is 0.970. The second-order valence-corrected chi connectivity index (χ2v) is 11.2. The number of hydrogen-bond donors (Lipinski definition) is 1. The maximum atomic E-state index is 14.2. The topological polar surface area (TPSA) is 72.3 Å². The number of carbonyl (C=O) groups excluding carboxylic acids is 1. The van der Waals surface area contributed by atoms with Crippen molar-refractivity contribution in [3.8, 4) is 0 Å². The van der Waals surface area contributed by atoms with Crippen LogP contribution < -0.4 is 10.2 Å². The van der Waals surface area contributed by atoms with Crippen molar-refractivity contribution in [2.24, 2.45) is 13.0 Å². The highest BCUT2D eigenvalue weighted by Crippen LogP contribution is 2.50. The quantitative estimate of drug-likeness (QED) is 0.437. The summed E-state index contributed by atoms with van der Waals surface area (Å²) in [6.07, 6.45) is 2.08. The molecule has 3 aliphatic rings. The molecule has 2 aliphatic carbocycles. The van der Waals surface area contributed by atoms with Gasteiger partial charge in [-0.05, 0) is 79.1 Å². The molecule has 2 heterocycles. The average Bonchev–Trinajstić information content (AvgIpc) is 3.43. The minimum atomic E-state index is -4.55. The fourth-order valence-electron chi connectivity index (χ4n) is 6.27. The standard InChI is InChI=1S/C29H32F3N5O2/c1-36-17-34-35-27(36)28(12-22(13-28)39-2)20-7-4-8-21(11-20)37-16-24-23(26(37)38)9-19(10-25(24)29(30,31)32)15-33-14-18-5-3-6-18/h4,7-11,17-18,22,33H,3,5-6,12-16H2,1-2H3. The van der Waals surface area contributed by atoms with Gasteiger partial charge in [0.1, 0.15) is 12.2 Å². The number of hydrogen-bond acceptors (Lipinski definition) is 5. The Morgan fingerprint density at radius 2 is 1.97 bits per heavy atom. The van der Waals surface area contributed by atoms with Crippen LogP contribution in [0.3, 0.4) is 0 Å². The number of aryl methyl sites for hydroxylation is 1. The van der Waals surface area contributed by atoms with Gasteiger partial charge < -0.3 is 19.5 Å². The van der Waals surface area contributed by atoms with E-state index in [9.17, 15) is 18.0 Å². The summed E-state index contributed by atoms with van der Waals surface area (Å²) in [7, 11) is 3.57. The van der Waals surface area contributed by atoms with Crippen molar-refractivity contribution in [3.63, 3.8) is 0 Å². The molecule has 0 bridgehead atoms. The van der Waals surface area contributed by atoms with E-state index in [0.29, 0.717) is 36.6 Å². The maximum absolute atomic E-state index is 14.2. The van der Waals surface area contributed by atoms with E-state index in [-0.39, 0.29) is 23.8 Å². The van der Waals surface area contributed by atoms with E-state index < -0.39 is 23.1 Å². The molecule has 1 aromatic heterocycles. The highest BCUT2D eigenvalue weighted by Gasteiger charge is 2.50. The Morgan fingerprint density at radius 1 is 1.18 bits per heavy atom. The number of nitrogens with one attached hydrogen (secondary N) is 1. The van der Waals surface area contributed by atoms with Gasteiger partial charge in [0.05, 0.1) is 23.6 Å². The molecule has 2 fully saturated rings. The Hall–Kier alpha value is -3.24. The summed E-state index contributed by atoms with van der Waals surface area (Å²) in [6, 6.07) is 10.3. The lowest BCUT2D eigenvalue weighted by Gasteiger charge is -2.46. The molecule has 1 N–H and O–H groups in total. The van der Waals surface area contributed by atoms with Crippen molar-refractivity contribution < 1.29 is 22.7 Å². The number of methoxy groups -OCH3 is 1. The van der Waals surface area contributed by atoms with Gasteiger partial charge in [-0.3, -0.25) is 4.79 Å². The van der Waals surface area contributed by atoms with Crippen LogP contribution in [0.4, 0.5) is 18.9 Å². The molecule has 0 spiro atoms. The molecule has 10 heteroatoms. The van der Waals surface area contributed by atoms with Gasteiger partial charge in [0, 0.05) is 32.0 Å². The number of ether oxygens (including phenoxy) is 1.